The van der Waals surface area contributed by atoms with Crippen molar-refractivity contribution in [2.75, 3.05) is 19.0 Å². The molecule has 34 heavy (non-hydrogen) atoms. The topological polar surface area (TPSA) is 146 Å². The molecule has 0 bridgehead atoms. The second-order valence-corrected chi connectivity index (χ2v) is 8.69. The van der Waals surface area contributed by atoms with E-state index in [-0.39, 0.29) is 36.2 Å². The van der Waals surface area contributed by atoms with Crippen molar-refractivity contribution in [2.24, 2.45) is 17.6 Å². The molecule has 0 radical (unpaired) electrons. The van der Waals surface area contributed by atoms with Gasteiger partial charge in [-0.1, -0.05) is 13.8 Å². The van der Waals surface area contributed by atoms with Crippen molar-refractivity contribution in [1.29, 1.82) is 5.26 Å². The van der Waals surface area contributed by atoms with E-state index in [1.54, 1.807) is 0 Å². The number of nitrogens with one attached hydrogen (secondary N) is 1. The average molecular weight is 473 g/mol. The fraction of sp³-hybridized carbons (Fsp3) is 0.478. The first-order valence-corrected chi connectivity index (χ1v) is 11.0. The third-order valence-electron chi connectivity index (χ3n) is 6.51. The predicted molar refractivity (Wildman–Crippen MR) is 122 cm³/mol. The molecule has 1 aliphatic heterocycles. The standard InChI is InChI=1S/C23H29FN6O4/c1-14(2)23(34-3)12-15(9-11-29(23)22(32)33)19(8-10-25)30-13-18(20(26)31)21(28-30)27-17-6-4-16(24)5-7-17/h4-7,13-15,19H,8-9,11-12H2,1-3H3,(H2,26,31)(H,27,28)(H,32,33)/t15?,19-,23?/m0/s1. The minimum atomic E-state index is -1.06. The predicted octanol–water partition coefficient (Wildman–Crippen LogP) is 3.71. The molecule has 1 aliphatic rings. The number of likely N-dealkylation sites (tertiary alicyclic amines) is 1. The Morgan fingerprint density at radius 3 is 2.62 bits per heavy atom. The van der Waals surface area contributed by atoms with Gasteiger partial charge in [-0.3, -0.25) is 14.4 Å². The molecule has 2 unspecified atom stereocenters. The molecule has 10 nitrogen and oxygen atoms in total. The van der Waals surface area contributed by atoms with Crippen molar-refractivity contribution in [3.63, 3.8) is 0 Å². The number of nitrogens with two attached hydrogens (primary N) is 1. The van der Waals surface area contributed by atoms with Crippen LogP contribution in [0.5, 0.6) is 0 Å². The quantitative estimate of drug-likeness (QED) is 0.531. The Bertz CT molecular complexity index is 1080. The SMILES string of the molecule is COC1(C(C)C)CC([C@H](CC#N)n2cc(C(N)=O)c(Nc3ccc(F)cc3)n2)CCN1C(=O)O. The molecule has 3 rings (SSSR count). The Morgan fingerprint density at radius 2 is 2.09 bits per heavy atom. The first kappa shape index (κ1) is 25.0. The fourth-order valence-electron chi connectivity index (χ4n) is 4.71. The van der Waals surface area contributed by atoms with Gasteiger partial charge in [0.15, 0.2) is 5.82 Å². The van der Waals surface area contributed by atoms with Crippen molar-refractivity contribution >= 4 is 23.5 Å². The number of carbonyl (C=O) groups excluding carboxylic acids is 1. The van der Waals surface area contributed by atoms with Crippen LogP contribution in [0.4, 0.5) is 20.7 Å². The van der Waals surface area contributed by atoms with Gasteiger partial charge < -0.3 is 20.9 Å². The number of amides is 2. The number of nitrogens with zero attached hydrogens (tertiary/aromatic N) is 4. The van der Waals surface area contributed by atoms with Crippen LogP contribution in [0, 0.1) is 29.0 Å². The number of piperidine rings is 1. The van der Waals surface area contributed by atoms with Gasteiger partial charge in [-0.05, 0) is 36.6 Å². The molecule has 1 saturated heterocycles. The molecule has 182 valence electrons. The maximum absolute atomic E-state index is 13.3. The van der Waals surface area contributed by atoms with E-state index in [1.165, 1.54) is 47.2 Å². The van der Waals surface area contributed by atoms with Crippen molar-refractivity contribution < 1.29 is 23.8 Å². The number of nitriles is 1. The highest BCUT2D eigenvalue weighted by Gasteiger charge is 2.49. The van der Waals surface area contributed by atoms with Crippen molar-refractivity contribution in [3.8, 4) is 6.07 Å². The molecule has 3 atom stereocenters. The van der Waals surface area contributed by atoms with Gasteiger partial charge in [-0.25, -0.2) is 9.18 Å². The molecule has 2 heterocycles. The summed E-state index contributed by atoms with van der Waals surface area (Å²) < 4.78 is 20.6. The molecule has 2 aromatic rings. The van der Waals surface area contributed by atoms with Crippen molar-refractivity contribution in [1.82, 2.24) is 14.7 Å². The number of benzene rings is 1. The van der Waals surface area contributed by atoms with Crippen LogP contribution < -0.4 is 11.1 Å². The monoisotopic (exact) mass is 472 g/mol. The summed E-state index contributed by atoms with van der Waals surface area (Å²) >= 11 is 0. The number of halogens is 1. The van der Waals surface area contributed by atoms with Gasteiger partial charge in [0.2, 0.25) is 0 Å². The molecule has 0 saturated carbocycles. The van der Waals surface area contributed by atoms with E-state index < -0.39 is 29.6 Å². The summed E-state index contributed by atoms with van der Waals surface area (Å²) in [4.78, 5) is 25.3. The lowest BCUT2D eigenvalue weighted by Crippen LogP contribution is -2.61. The van der Waals surface area contributed by atoms with Crippen LogP contribution in [0.15, 0.2) is 30.5 Å². The van der Waals surface area contributed by atoms with Gasteiger partial charge in [-0.15, -0.1) is 0 Å². The molecular formula is C23H29FN6O4. The number of aromatic nitrogens is 2. The molecule has 4 N–H and O–H groups in total. The number of ether oxygens (including phenoxy) is 1. The van der Waals surface area contributed by atoms with Gasteiger partial charge in [0.1, 0.15) is 17.1 Å². The molecule has 11 heteroatoms. The summed E-state index contributed by atoms with van der Waals surface area (Å²) in [6.45, 7) is 4.02. The maximum Gasteiger partial charge on any atom is 0.409 e. The van der Waals surface area contributed by atoms with Gasteiger partial charge in [0.25, 0.3) is 5.91 Å². The van der Waals surface area contributed by atoms with Gasteiger partial charge in [-0.2, -0.15) is 10.4 Å². The Kier molecular flexibility index (Phi) is 7.41. The summed E-state index contributed by atoms with van der Waals surface area (Å²) in [5, 5.41) is 26.8. The first-order valence-electron chi connectivity index (χ1n) is 11.0. The van der Waals surface area contributed by atoms with E-state index >= 15 is 0 Å². The number of hydrogen-bond acceptors (Lipinski definition) is 6. The molecule has 1 aromatic carbocycles. The summed E-state index contributed by atoms with van der Waals surface area (Å²) in [5.41, 5.74) is 5.14. The Balaban J connectivity index is 1.97. The molecule has 1 fully saturated rings. The lowest BCUT2D eigenvalue weighted by atomic mass is 9.78. The van der Waals surface area contributed by atoms with Gasteiger partial charge in [0, 0.05) is 37.9 Å². The minimum Gasteiger partial charge on any atom is -0.465 e. The Labute approximate surface area is 197 Å². The maximum atomic E-state index is 13.3. The number of carbonyl (C=O) groups is 2. The largest absolute Gasteiger partial charge is 0.465 e. The second kappa shape index (κ2) is 10.1. The van der Waals surface area contributed by atoms with E-state index in [0.717, 1.165) is 0 Å². The summed E-state index contributed by atoms with van der Waals surface area (Å²) in [6, 6.07) is 7.28. The zero-order chi connectivity index (χ0) is 25.0. The summed E-state index contributed by atoms with van der Waals surface area (Å²) in [7, 11) is 1.49. The van der Waals surface area contributed by atoms with Crippen LogP contribution in [-0.4, -0.2) is 51.2 Å². The number of carboxylic acid groups (broad SMARTS) is 1. The van der Waals surface area contributed by atoms with Crippen LogP contribution in [-0.2, 0) is 4.74 Å². The Morgan fingerprint density at radius 1 is 1.41 bits per heavy atom. The zero-order valence-corrected chi connectivity index (χ0v) is 19.4. The van der Waals surface area contributed by atoms with E-state index in [9.17, 15) is 24.3 Å². The number of hydrogen-bond donors (Lipinski definition) is 3. The number of anilines is 2. The van der Waals surface area contributed by atoms with E-state index in [0.29, 0.717) is 18.5 Å². The highest BCUT2D eigenvalue weighted by molar-refractivity contribution is 5.98. The number of rotatable bonds is 8. The molecule has 0 spiro atoms. The lowest BCUT2D eigenvalue weighted by molar-refractivity contribution is -0.183. The molecule has 0 aliphatic carbocycles. The molecular weight excluding hydrogens is 443 g/mol. The summed E-state index contributed by atoms with van der Waals surface area (Å²) in [5.74, 6) is -1.22. The fourth-order valence-corrected chi connectivity index (χ4v) is 4.71. The Hall–Kier alpha value is -3.65. The van der Waals surface area contributed by atoms with Gasteiger partial charge in [0.05, 0.1) is 18.5 Å². The average Bonchev–Trinajstić information content (AvgIpc) is 3.21. The third-order valence-corrected chi connectivity index (χ3v) is 6.51. The van der Waals surface area contributed by atoms with Gasteiger partial charge >= 0.3 is 6.09 Å². The smallest absolute Gasteiger partial charge is 0.409 e. The highest BCUT2D eigenvalue weighted by atomic mass is 19.1. The molecule has 1 aromatic heterocycles. The molecule has 2 amide bonds. The number of primary amides is 1. The second-order valence-electron chi connectivity index (χ2n) is 8.69. The number of methoxy groups -OCH3 is 1. The van der Waals surface area contributed by atoms with Crippen LogP contribution in [0.2, 0.25) is 0 Å². The first-order chi connectivity index (χ1) is 16.1. The van der Waals surface area contributed by atoms with Crippen LogP contribution >= 0.6 is 0 Å². The van der Waals surface area contributed by atoms with Crippen LogP contribution in [0.3, 0.4) is 0 Å². The van der Waals surface area contributed by atoms with E-state index in [2.05, 4.69) is 16.5 Å². The van der Waals surface area contributed by atoms with E-state index in [1.807, 2.05) is 13.8 Å². The minimum absolute atomic E-state index is 0.0888. The normalized spacial score (nSPS) is 21.2. The van der Waals surface area contributed by atoms with Crippen molar-refractivity contribution in [2.45, 2.75) is 44.9 Å². The summed E-state index contributed by atoms with van der Waals surface area (Å²) in [6.07, 6.45) is 1.36. The van der Waals surface area contributed by atoms with E-state index in [4.69, 9.17) is 10.5 Å². The van der Waals surface area contributed by atoms with Crippen LogP contribution in [0.1, 0.15) is 49.5 Å². The third kappa shape index (κ3) is 4.82. The van der Waals surface area contributed by atoms with Crippen LogP contribution in [0.25, 0.3) is 0 Å². The zero-order valence-electron chi connectivity index (χ0n) is 19.4. The highest BCUT2D eigenvalue weighted by Crippen LogP contribution is 2.43. The van der Waals surface area contributed by atoms with Crippen molar-refractivity contribution in [3.05, 3.63) is 41.8 Å². The lowest BCUT2D eigenvalue weighted by Gasteiger charge is -2.50.